The molecule has 2 bridgehead atoms. The molecule has 3 fully saturated rings. The molecule has 3 aliphatic rings. The number of tetrazole rings is 1. The summed E-state index contributed by atoms with van der Waals surface area (Å²) in [6.45, 7) is 2.12. The Labute approximate surface area is 185 Å². The van der Waals surface area contributed by atoms with Gasteiger partial charge in [-0.3, -0.25) is 14.5 Å². The number of carbonyl (C=O) groups is 2. The predicted molar refractivity (Wildman–Crippen MR) is 112 cm³/mol. The molecule has 1 aromatic heterocycles. The van der Waals surface area contributed by atoms with E-state index in [1.54, 1.807) is 4.90 Å². The first-order valence-corrected chi connectivity index (χ1v) is 10.9. The molecule has 11 nitrogen and oxygen atoms in total. The average Bonchev–Trinajstić information content (AvgIpc) is 3.59. The second kappa shape index (κ2) is 8.29. The van der Waals surface area contributed by atoms with Crippen LogP contribution in [0, 0.1) is 11.3 Å². The first kappa shape index (κ1) is 20.5. The van der Waals surface area contributed by atoms with Crippen molar-refractivity contribution in [1.82, 2.24) is 35.3 Å². The Hall–Kier alpha value is -3.36. The Kier molecular flexibility index (Phi) is 5.32. The van der Waals surface area contributed by atoms with Gasteiger partial charge in [-0.05, 0) is 36.1 Å². The van der Waals surface area contributed by atoms with Gasteiger partial charge in [0.05, 0.1) is 18.2 Å². The van der Waals surface area contributed by atoms with Crippen molar-refractivity contribution in [1.29, 1.82) is 5.26 Å². The van der Waals surface area contributed by atoms with E-state index in [0.29, 0.717) is 38.4 Å². The molecule has 3 aliphatic heterocycles. The summed E-state index contributed by atoms with van der Waals surface area (Å²) in [5, 5.41) is 23.3. The van der Waals surface area contributed by atoms with Crippen LogP contribution in [0.5, 0.6) is 0 Å². The van der Waals surface area contributed by atoms with Gasteiger partial charge in [0.15, 0.2) is 0 Å². The lowest BCUT2D eigenvalue weighted by atomic mass is 10.1. The van der Waals surface area contributed by atoms with E-state index in [0.717, 1.165) is 24.0 Å². The van der Waals surface area contributed by atoms with Gasteiger partial charge < -0.3 is 15.5 Å². The summed E-state index contributed by atoms with van der Waals surface area (Å²) in [6.07, 6.45) is 2.27. The maximum Gasteiger partial charge on any atom is 0.241 e. The third-order valence-corrected chi connectivity index (χ3v) is 6.71. The molecule has 32 heavy (non-hydrogen) atoms. The number of hydrogen-bond acceptors (Lipinski definition) is 8. The van der Waals surface area contributed by atoms with Crippen LogP contribution in [0.15, 0.2) is 24.3 Å². The monoisotopic (exact) mass is 435 g/mol. The Morgan fingerprint density at radius 3 is 3.03 bits per heavy atom. The van der Waals surface area contributed by atoms with Gasteiger partial charge in [0, 0.05) is 37.8 Å². The van der Waals surface area contributed by atoms with E-state index in [1.807, 2.05) is 34.1 Å². The Bertz CT molecular complexity index is 1050. The molecule has 0 saturated carbocycles. The van der Waals surface area contributed by atoms with Gasteiger partial charge in [-0.25, -0.2) is 0 Å². The second-order valence-corrected chi connectivity index (χ2v) is 8.69. The van der Waals surface area contributed by atoms with Crippen LogP contribution in [-0.4, -0.2) is 90.9 Å². The number of nitrogens with zero attached hydrogens (tertiary/aromatic N) is 7. The number of nitrogens with one attached hydrogen (secondary N) is 1. The summed E-state index contributed by atoms with van der Waals surface area (Å²) in [5.41, 5.74) is 8.05. The number of nitrogens with two attached hydrogens (primary N) is 1. The highest BCUT2D eigenvalue weighted by atomic mass is 16.2. The predicted octanol–water partition coefficient (Wildman–Crippen LogP) is -0.506. The molecule has 2 aromatic rings. The highest BCUT2D eigenvalue weighted by Crippen LogP contribution is 2.33. The summed E-state index contributed by atoms with van der Waals surface area (Å²) < 4.78 is 0. The zero-order chi connectivity index (χ0) is 22.2. The third-order valence-electron chi connectivity index (χ3n) is 6.71. The zero-order valence-electron chi connectivity index (χ0n) is 17.6. The molecule has 4 atom stereocenters. The summed E-state index contributed by atoms with van der Waals surface area (Å²) in [5.74, 6) is 0.393. The number of aromatic amines is 1. The molecule has 3 saturated heterocycles. The van der Waals surface area contributed by atoms with Crippen LogP contribution in [0.25, 0.3) is 11.4 Å². The summed E-state index contributed by atoms with van der Waals surface area (Å²) in [7, 11) is 0. The second-order valence-electron chi connectivity index (χ2n) is 8.69. The van der Waals surface area contributed by atoms with E-state index in [1.165, 1.54) is 0 Å². The van der Waals surface area contributed by atoms with Crippen LogP contribution in [-0.2, 0) is 16.1 Å². The first-order valence-electron chi connectivity index (χ1n) is 10.9. The van der Waals surface area contributed by atoms with E-state index in [2.05, 4.69) is 26.7 Å². The number of benzene rings is 1. The number of aromatic nitrogens is 4. The number of rotatable bonds is 6. The fourth-order valence-electron chi connectivity index (χ4n) is 5.14. The smallest absolute Gasteiger partial charge is 0.241 e. The van der Waals surface area contributed by atoms with Gasteiger partial charge in [0.2, 0.25) is 17.6 Å². The van der Waals surface area contributed by atoms with E-state index >= 15 is 0 Å². The molecule has 1 aromatic carbocycles. The average molecular weight is 435 g/mol. The Morgan fingerprint density at radius 1 is 1.41 bits per heavy atom. The molecule has 0 spiro atoms. The number of piperazine rings is 1. The molecular weight excluding hydrogens is 410 g/mol. The van der Waals surface area contributed by atoms with Gasteiger partial charge in [0.25, 0.3) is 0 Å². The molecule has 0 radical (unpaired) electrons. The van der Waals surface area contributed by atoms with E-state index in [9.17, 15) is 14.9 Å². The molecule has 11 heteroatoms. The fraction of sp³-hybridized carbons (Fsp3) is 0.524. The molecule has 3 unspecified atom stereocenters. The van der Waals surface area contributed by atoms with Crippen LogP contribution >= 0.6 is 0 Å². The number of amides is 2. The number of nitriles is 1. The normalized spacial score (nSPS) is 26.0. The van der Waals surface area contributed by atoms with Crippen molar-refractivity contribution in [3.8, 4) is 17.5 Å². The quantitative estimate of drug-likeness (QED) is 0.617. The zero-order valence-corrected chi connectivity index (χ0v) is 17.6. The van der Waals surface area contributed by atoms with Crippen molar-refractivity contribution in [3.63, 3.8) is 0 Å². The molecule has 5 rings (SSSR count). The van der Waals surface area contributed by atoms with Crippen LogP contribution < -0.4 is 5.73 Å². The first-order chi connectivity index (χ1) is 15.5. The van der Waals surface area contributed by atoms with E-state index in [-0.39, 0.29) is 29.9 Å². The molecule has 166 valence electrons. The number of likely N-dealkylation sites (tertiary alicyclic amines) is 3. The topological polar surface area (TPSA) is 148 Å². The lowest BCUT2D eigenvalue weighted by molar-refractivity contribution is -0.139. The molecular formula is C21H25N9O2. The summed E-state index contributed by atoms with van der Waals surface area (Å²) >= 11 is 0. The summed E-state index contributed by atoms with van der Waals surface area (Å²) in [4.78, 5) is 31.3. The highest BCUT2D eigenvalue weighted by Gasteiger charge is 2.50. The van der Waals surface area contributed by atoms with Crippen LogP contribution in [0.1, 0.15) is 24.8 Å². The number of fused-ring (bicyclic) bond motifs is 2. The minimum atomic E-state index is -0.726. The Balaban J connectivity index is 1.21. The highest BCUT2D eigenvalue weighted by molar-refractivity contribution is 5.86. The number of hydrogen-bond donors (Lipinski definition) is 2. The number of H-pyrrole nitrogens is 1. The van der Waals surface area contributed by atoms with E-state index in [4.69, 9.17) is 5.73 Å². The molecule has 0 aliphatic carbocycles. The van der Waals surface area contributed by atoms with Crippen molar-refractivity contribution in [2.45, 2.75) is 50.0 Å². The minimum absolute atomic E-state index is 0.0712. The molecule has 2 amide bonds. The lowest BCUT2D eigenvalue weighted by Crippen LogP contribution is -2.56. The van der Waals surface area contributed by atoms with Crippen molar-refractivity contribution in [2.75, 3.05) is 19.6 Å². The number of carbonyl (C=O) groups excluding carboxylic acids is 2. The SMILES string of the molecule is N#CC1CCCN1C(=O)C(N)CN1C[C@@H]2CC1C(=O)N2Cc1cccc(-c2nn[nH]n2)c1. The van der Waals surface area contributed by atoms with Crippen molar-refractivity contribution in [3.05, 3.63) is 29.8 Å². The van der Waals surface area contributed by atoms with Crippen molar-refractivity contribution in [2.24, 2.45) is 5.73 Å². The van der Waals surface area contributed by atoms with Crippen LogP contribution in [0.3, 0.4) is 0 Å². The maximum absolute atomic E-state index is 13.1. The van der Waals surface area contributed by atoms with Crippen LogP contribution in [0.4, 0.5) is 0 Å². The van der Waals surface area contributed by atoms with E-state index < -0.39 is 6.04 Å². The van der Waals surface area contributed by atoms with Gasteiger partial charge in [-0.1, -0.05) is 18.2 Å². The molecule has 3 N–H and O–H groups in total. The van der Waals surface area contributed by atoms with Crippen molar-refractivity contribution >= 4 is 11.8 Å². The van der Waals surface area contributed by atoms with Gasteiger partial charge in [0.1, 0.15) is 6.04 Å². The third kappa shape index (κ3) is 3.61. The van der Waals surface area contributed by atoms with Gasteiger partial charge >= 0.3 is 0 Å². The van der Waals surface area contributed by atoms with Crippen LogP contribution in [0.2, 0.25) is 0 Å². The van der Waals surface area contributed by atoms with Gasteiger partial charge in [-0.2, -0.15) is 10.5 Å². The largest absolute Gasteiger partial charge is 0.333 e. The maximum atomic E-state index is 13.1. The minimum Gasteiger partial charge on any atom is -0.333 e. The fourth-order valence-corrected chi connectivity index (χ4v) is 5.14. The summed E-state index contributed by atoms with van der Waals surface area (Å²) in [6, 6.07) is 8.70. The molecule has 4 heterocycles. The van der Waals surface area contributed by atoms with Gasteiger partial charge in [-0.15, -0.1) is 10.2 Å². The lowest BCUT2D eigenvalue weighted by Gasteiger charge is -2.35. The standard InChI is InChI=1S/C21H25N9O2/c22-9-15-5-2-6-29(15)20(31)17(23)12-28-11-16-8-18(28)21(32)30(16)10-13-3-1-4-14(7-13)19-24-26-27-25-19/h1,3-4,7,15-18H,2,5-6,8,10-12,23H2,(H,24,25,26,27)/t15?,16-,17?,18?/m0/s1. The van der Waals surface area contributed by atoms with Crippen molar-refractivity contribution < 1.29 is 9.59 Å². The Morgan fingerprint density at radius 2 is 2.28 bits per heavy atom.